The Morgan fingerprint density at radius 2 is 1.55 bits per heavy atom. The lowest BCUT2D eigenvalue weighted by Gasteiger charge is -2.15. The van der Waals surface area contributed by atoms with Crippen molar-refractivity contribution >= 4 is 17.8 Å². The number of hydrogen-bond donors (Lipinski definition) is 4. The van der Waals surface area contributed by atoms with Gasteiger partial charge in [-0.1, -0.05) is 13.8 Å². The molecule has 1 rings (SSSR count). The number of rotatable bonds is 6. The van der Waals surface area contributed by atoms with Crippen molar-refractivity contribution in [1.29, 1.82) is 0 Å². The molecule has 0 bridgehead atoms. The van der Waals surface area contributed by atoms with Crippen LogP contribution >= 0.6 is 0 Å². The molecule has 22 heavy (non-hydrogen) atoms. The van der Waals surface area contributed by atoms with Crippen molar-refractivity contribution in [3.8, 4) is 0 Å². The van der Waals surface area contributed by atoms with Gasteiger partial charge in [-0.05, 0) is 13.5 Å². The molecule has 0 saturated carbocycles. The van der Waals surface area contributed by atoms with Crippen LogP contribution in [0.3, 0.4) is 0 Å². The molecule has 9 heteroatoms. The van der Waals surface area contributed by atoms with Crippen LogP contribution in [0.1, 0.15) is 41.7 Å². The minimum atomic E-state index is -0.742. The van der Waals surface area contributed by atoms with Gasteiger partial charge in [-0.15, -0.1) is 0 Å². The van der Waals surface area contributed by atoms with Gasteiger partial charge in [-0.2, -0.15) is 0 Å². The van der Waals surface area contributed by atoms with Crippen LogP contribution in [-0.4, -0.2) is 45.4 Å². The summed E-state index contributed by atoms with van der Waals surface area (Å²) in [6.07, 6.45) is 2.20. The molecule has 9 nitrogen and oxygen atoms in total. The van der Waals surface area contributed by atoms with E-state index in [0.717, 1.165) is 18.9 Å². The van der Waals surface area contributed by atoms with Crippen LogP contribution in [0.5, 0.6) is 0 Å². The van der Waals surface area contributed by atoms with E-state index in [1.165, 1.54) is 0 Å². The number of aliphatic carboxylic acids is 1. The topological polar surface area (TPSA) is 161 Å². The quantitative estimate of drug-likeness (QED) is 0.544. The highest BCUT2D eigenvalue weighted by Gasteiger charge is 2.17. The van der Waals surface area contributed by atoms with Gasteiger partial charge in [0.05, 0.1) is 18.3 Å². The third-order valence-electron chi connectivity index (χ3n) is 2.82. The standard InChI is InChI=1S/C7H15NO2.C6H6N4O2/c1-4-8-6(3)5(2)7(9)10;7-5(11)3-1-9-4(2-10-3)6(8)12/h5-6,8H,4H2,1-3H3,(H,9,10);1-2H,(H2,7,11)(H2,8,12). The maximum atomic E-state index is 10.5. The number of amides is 2. The summed E-state index contributed by atoms with van der Waals surface area (Å²) in [5.41, 5.74) is 9.76. The third-order valence-corrected chi connectivity index (χ3v) is 2.82. The molecular weight excluding hydrogens is 290 g/mol. The first-order valence-electron chi connectivity index (χ1n) is 6.58. The van der Waals surface area contributed by atoms with Crippen LogP contribution < -0.4 is 16.8 Å². The van der Waals surface area contributed by atoms with Crippen LogP contribution in [0.4, 0.5) is 0 Å². The molecular formula is C13H21N5O4. The zero-order valence-electron chi connectivity index (χ0n) is 12.7. The van der Waals surface area contributed by atoms with Crippen LogP contribution in [0, 0.1) is 5.92 Å². The Morgan fingerprint density at radius 1 is 1.14 bits per heavy atom. The zero-order chi connectivity index (χ0) is 17.3. The number of carbonyl (C=O) groups excluding carboxylic acids is 2. The zero-order valence-corrected chi connectivity index (χ0v) is 12.7. The predicted octanol–water partition coefficient (Wildman–Crippen LogP) is -0.620. The van der Waals surface area contributed by atoms with E-state index >= 15 is 0 Å². The summed E-state index contributed by atoms with van der Waals surface area (Å²) in [6.45, 7) is 6.36. The van der Waals surface area contributed by atoms with Gasteiger partial charge in [0.1, 0.15) is 11.4 Å². The Bertz CT molecular complexity index is 485. The Morgan fingerprint density at radius 3 is 1.77 bits per heavy atom. The highest BCUT2D eigenvalue weighted by molar-refractivity contribution is 5.92. The van der Waals surface area contributed by atoms with Crippen molar-refractivity contribution < 1.29 is 19.5 Å². The molecule has 0 aliphatic heterocycles. The molecule has 2 amide bonds. The van der Waals surface area contributed by atoms with Crippen LogP contribution in [0.2, 0.25) is 0 Å². The number of nitrogens with one attached hydrogen (secondary N) is 1. The van der Waals surface area contributed by atoms with Crippen LogP contribution in [0.25, 0.3) is 0 Å². The van der Waals surface area contributed by atoms with E-state index in [2.05, 4.69) is 15.3 Å². The summed E-state index contributed by atoms with van der Waals surface area (Å²) >= 11 is 0. The van der Waals surface area contributed by atoms with Crippen molar-refractivity contribution in [2.75, 3.05) is 6.54 Å². The first kappa shape index (κ1) is 19.4. The van der Waals surface area contributed by atoms with Gasteiger partial charge < -0.3 is 21.9 Å². The SMILES string of the molecule is CCNC(C)C(C)C(=O)O.NC(=O)c1cnc(C(N)=O)cn1. The number of carbonyl (C=O) groups is 3. The molecule has 1 aromatic heterocycles. The summed E-state index contributed by atoms with van der Waals surface area (Å²) in [5.74, 6) is -2.44. The second-order valence-corrected chi connectivity index (χ2v) is 4.49. The minimum absolute atomic E-state index is 0.000000000000000222. The fraction of sp³-hybridized carbons (Fsp3) is 0.462. The molecule has 0 radical (unpaired) electrons. The lowest BCUT2D eigenvalue weighted by Crippen LogP contribution is -2.35. The van der Waals surface area contributed by atoms with Gasteiger partial charge in [-0.3, -0.25) is 14.4 Å². The number of nitrogens with two attached hydrogens (primary N) is 2. The Balaban J connectivity index is 0.000000409. The van der Waals surface area contributed by atoms with Gasteiger partial charge in [0.15, 0.2) is 0 Å². The van der Waals surface area contributed by atoms with E-state index in [1.807, 2.05) is 13.8 Å². The molecule has 6 N–H and O–H groups in total. The molecule has 0 aliphatic carbocycles. The number of hydrogen-bond acceptors (Lipinski definition) is 6. The van der Waals surface area contributed by atoms with Crippen LogP contribution in [0.15, 0.2) is 12.4 Å². The second-order valence-electron chi connectivity index (χ2n) is 4.49. The number of primary amides is 2. The average molecular weight is 311 g/mol. The largest absolute Gasteiger partial charge is 0.481 e. The van der Waals surface area contributed by atoms with Gasteiger partial charge in [0.25, 0.3) is 11.8 Å². The summed E-state index contributed by atoms with van der Waals surface area (Å²) in [5, 5.41) is 11.6. The maximum absolute atomic E-state index is 10.5. The number of nitrogens with zero attached hydrogens (tertiary/aromatic N) is 2. The molecule has 0 saturated heterocycles. The second kappa shape index (κ2) is 9.40. The number of carboxylic acids is 1. The average Bonchev–Trinajstić information content (AvgIpc) is 2.47. The molecule has 1 heterocycles. The van der Waals surface area contributed by atoms with Crippen LogP contribution in [-0.2, 0) is 4.79 Å². The van der Waals surface area contributed by atoms with E-state index in [-0.39, 0.29) is 23.3 Å². The third kappa shape index (κ3) is 6.75. The summed E-state index contributed by atoms with van der Waals surface area (Å²) < 4.78 is 0. The fourth-order valence-electron chi connectivity index (χ4n) is 1.30. The number of carboxylic acid groups (broad SMARTS) is 1. The molecule has 0 aliphatic rings. The van der Waals surface area contributed by atoms with Crippen molar-refractivity contribution in [3.63, 3.8) is 0 Å². The highest BCUT2D eigenvalue weighted by Crippen LogP contribution is 2.01. The molecule has 2 unspecified atom stereocenters. The van der Waals surface area contributed by atoms with Gasteiger partial charge in [-0.25, -0.2) is 9.97 Å². The molecule has 1 aromatic rings. The van der Waals surface area contributed by atoms with Gasteiger partial charge in [0.2, 0.25) is 0 Å². The van der Waals surface area contributed by atoms with Crippen molar-refractivity contribution in [2.45, 2.75) is 26.8 Å². The Hall–Kier alpha value is -2.55. The first-order valence-corrected chi connectivity index (χ1v) is 6.58. The van der Waals surface area contributed by atoms with Gasteiger partial charge >= 0.3 is 5.97 Å². The molecule has 2 atom stereocenters. The minimum Gasteiger partial charge on any atom is -0.481 e. The Kier molecular flexibility index (Phi) is 8.31. The lowest BCUT2D eigenvalue weighted by molar-refractivity contribution is -0.141. The monoisotopic (exact) mass is 311 g/mol. The predicted molar refractivity (Wildman–Crippen MR) is 79.0 cm³/mol. The molecule has 0 spiro atoms. The van der Waals surface area contributed by atoms with E-state index in [4.69, 9.17) is 16.6 Å². The lowest BCUT2D eigenvalue weighted by atomic mass is 10.0. The van der Waals surface area contributed by atoms with Crippen molar-refractivity contribution in [3.05, 3.63) is 23.8 Å². The van der Waals surface area contributed by atoms with E-state index in [0.29, 0.717) is 0 Å². The first-order chi connectivity index (χ1) is 10.2. The summed E-state index contributed by atoms with van der Waals surface area (Å²) in [6, 6.07) is 0.0579. The maximum Gasteiger partial charge on any atom is 0.307 e. The van der Waals surface area contributed by atoms with Crippen molar-refractivity contribution in [2.24, 2.45) is 17.4 Å². The highest BCUT2D eigenvalue weighted by atomic mass is 16.4. The fourth-order valence-corrected chi connectivity index (χ4v) is 1.30. The van der Waals surface area contributed by atoms with E-state index in [9.17, 15) is 14.4 Å². The summed E-state index contributed by atoms with van der Waals surface area (Å²) in [7, 11) is 0. The smallest absolute Gasteiger partial charge is 0.307 e. The summed E-state index contributed by atoms with van der Waals surface area (Å²) in [4.78, 5) is 38.5. The normalized spacial score (nSPS) is 12.5. The van der Waals surface area contributed by atoms with E-state index in [1.54, 1.807) is 6.92 Å². The molecule has 0 fully saturated rings. The number of aromatic nitrogens is 2. The van der Waals surface area contributed by atoms with E-state index < -0.39 is 17.8 Å². The molecule has 122 valence electrons. The Labute approximate surface area is 128 Å². The van der Waals surface area contributed by atoms with Crippen molar-refractivity contribution in [1.82, 2.24) is 15.3 Å². The molecule has 0 aromatic carbocycles. The van der Waals surface area contributed by atoms with Gasteiger partial charge in [0, 0.05) is 6.04 Å².